The van der Waals surface area contributed by atoms with Gasteiger partial charge in [0.15, 0.2) is 0 Å². The van der Waals surface area contributed by atoms with Crippen LogP contribution in [0.1, 0.15) is 178 Å². The van der Waals surface area contributed by atoms with E-state index in [0.717, 1.165) is 29.5 Å². The second kappa shape index (κ2) is 45.9. The number of nitrogens with one attached hydrogen (secondary N) is 1. The molecule has 288 valence electrons. The molecule has 1 aromatic heterocycles. The average Bonchev–Trinajstić information content (AvgIpc) is 3.44. The van der Waals surface area contributed by atoms with Gasteiger partial charge in [-0.1, -0.05) is 152 Å². The summed E-state index contributed by atoms with van der Waals surface area (Å²) < 4.78 is 9.04. The Balaban J connectivity index is -0.0000000625. The lowest BCUT2D eigenvalue weighted by Crippen LogP contribution is -2.10. The summed E-state index contributed by atoms with van der Waals surface area (Å²) in [5.41, 5.74) is 0. The number of hydrogen-bond donors (Lipinski definition) is 1. The van der Waals surface area contributed by atoms with Crippen molar-refractivity contribution in [3.63, 3.8) is 0 Å². The summed E-state index contributed by atoms with van der Waals surface area (Å²) in [5, 5.41) is 6.48. The van der Waals surface area contributed by atoms with Gasteiger partial charge in [-0.25, -0.2) is 4.98 Å². The summed E-state index contributed by atoms with van der Waals surface area (Å²) >= 11 is 0. The van der Waals surface area contributed by atoms with Gasteiger partial charge in [-0.2, -0.15) is 5.10 Å². The van der Waals surface area contributed by atoms with Crippen LogP contribution in [0.2, 0.25) is 0 Å². The van der Waals surface area contributed by atoms with Gasteiger partial charge in [0, 0.05) is 11.8 Å². The van der Waals surface area contributed by atoms with E-state index in [1.165, 1.54) is 19.9 Å². The number of carbonyl (C=O) groups excluding carboxylic acids is 3. The van der Waals surface area contributed by atoms with Crippen molar-refractivity contribution in [1.29, 1.82) is 0 Å². The third-order valence-electron chi connectivity index (χ3n) is 4.04. The van der Waals surface area contributed by atoms with Gasteiger partial charge in [0.05, 0.1) is 25.6 Å². The highest BCUT2D eigenvalue weighted by Gasteiger charge is 2.05. The molecule has 0 aliphatic carbocycles. The molecule has 0 amide bonds. The van der Waals surface area contributed by atoms with E-state index in [1.807, 2.05) is 27.7 Å². The van der Waals surface area contributed by atoms with Crippen molar-refractivity contribution in [3.8, 4) is 0 Å². The zero-order valence-corrected chi connectivity index (χ0v) is 35.0. The maximum absolute atomic E-state index is 10.5. The van der Waals surface area contributed by atoms with Crippen molar-refractivity contribution in [2.75, 3.05) is 13.7 Å². The Bertz CT molecular complexity index is 702. The second-order valence-corrected chi connectivity index (χ2v) is 14.4. The summed E-state index contributed by atoms with van der Waals surface area (Å²) in [4.78, 5) is 34.9. The Morgan fingerprint density at radius 1 is 0.660 bits per heavy atom. The molecular weight excluding hydrogens is 590 g/mol. The topological polar surface area (TPSA) is 111 Å². The van der Waals surface area contributed by atoms with Gasteiger partial charge in [0.25, 0.3) is 0 Å². The number of hydrogen-bond acceptors (Lipinski definition) is 7. The number of methoxy groups -OCH3 is 1. The molecule has 0 fully saturated rings. The van der Waals surface area contributed by atoms with E-state index in [4.69, 9.17) is 0 Å². The van der Waals surface area contributed by atoms with Crippen LogP contribution in [-0.2, 0) is 23.9 Å². The van der Waals surface area contributed by atoms with Gasteiger partial charge in [0.2, 0.25) is 0 Å². The van der Waals surface area contributed by atoms with Crippen LogP contribution in [0.4, 0.5) is 0 Å². The fraction of sp³-hybridized carbons (Fsp3) is 0.872. The number of esters is 2. The molecule has 0 atom stereocenters. The highest BCUT2D eigenvalue weighted by atomic mass is 16.5. The third-order valence-corrected chi connectivity index (χ3v) is 4.04. The number of aromatic amines is 1. The molecule has 1 rings (SSSR count). The van der Waals surface area contributed by atoms with Gasteiger partial charge in [-0.05, 0) is 37.5 Å². The largest absolute Gasteiger partial charge is 0.469 e. The summed E-state index contributed by atoms with van der Waals surface area (Å²) in [7, 11) is 1.39. The number of Topliss-reactive ketones (excluding diaryl/α,β-unsaturated/α-hetero) is 1. The maximum Gasteiger partial charge on any atom is 0.308 e. The van der Waals surface area contributed by atoms with Gasteiger partial charge in [-0.3, -0.25) is 19.5 Å². The van der Waals surface area contributed by atoms with E-state index in [0.29, 0.717) is 12.5 Å². The quantitative estimate of drug-likeness (QED) is 0.298. The molecule has 8 nitrogen and oxygen atoms in total. The van der Waals surface area contributed by atoms with Crippen LogP contribution in [-0.4, -0.2) is 46.6 Å². The zero-order chi connectivity index (χ0) is 38.6. The molecule has 0 aromatic carbocycles. The third kappa shape index (κ3) is 99.0. The molecule has 0 aliphatic rings. The standard InChI is InChI=1S/C6H12O2.C5H9N3.C5H10O2.C5H10O.C5H12.3C4H10.CH4/c1-4-8-6(7)5(2)3;1-4(2)5-6-3-7-8-5;1-4(2)5(6)7-3;1-4(2)5(3)6;1-4-5(2)3;3*1-4(2)3;/h5H,4H2,1-3H3;3-4H,1-2H3,(H,6,7,8);4H,1-3H3;4H,1-3H3;5H,4H2,1-3H3;3*4H,1-3H3;1H4. The lowest BCUT2D eigenvalue weighted by molar-refractivity contribution is -0.147. The molecule has 1 N–H and O–H groups in total. The minimum absolute atomic E-state index is 0. The van der Waals surface area contributed by atoms with E-state index in [-0.39, 0.29) is 42.9 Å². The first-order valence-electron chi connectivity index (χ1n) is 17.4. The van der Waals surface area contributed by atoms with Gasteiger partial charge in [-0.15, -0.1) is 0 Å². The summed E-state index contributed by atoms with van der Waals surface area (Å²) in [6, 6.07) is 0. The molecule has 0 saturated heterocycles. The monoisotopic (exact) mass is 678 g/mol. The molecule has 0 unspecified atom stereocenters. The first-order chi connectivity index (χ1) is 20.8. The molecule has 1 heterocycles. The molecule has 8 heteroatoms. The molecule has 0 spiro atoms. The summed E-state index contributed by atoms with van der Waals surface area (Å²) in [6.07, 6.45) is 2.83. The number of nitrogens with zero attached hydrogens (tertiary/aromatic N) is 2. The van der Waals surface area contributed by atoms with Gasteiger partial charge >= 0.3 is 11.9 Å². The smallest absolute Gasteiger partial charge is 0.308 e. The van der Waals surface area contributed by atoms with Gasteiger partial charge in [0.1, 0.15) is 17.9 Å². The first-order valence-corrected chi connectivity index (χ1v) is 17.4. The Morgan fingerprint density at radius 2 is 0.957 bits per heavy atom. The van der Waals surface area contributed by atoms with Crippen molar-refractivity contribution in [2.45, 2.75) is 172 Å². The zero-order valence-electron chi connectivity index (χ0n) is 35.0. The number of H-pyrrole nitrogens is 1. The van der Waals surface area contributed by atoms with Crippen LogP contribution in [0.25, 0.3) is 0 Å². The first kappa shape index (κ1) is 63.4. The Hall–Kier alpha value is -2.25. The molecule has 0 bridgehead atoms. The number of rotatable bonds is 6. The number of carbonyl (C=O) groups is 3. The van der Waals surface area contributed by atoms with Crippen molar-refractivity contribution in [1.82, 2.24) is 15.2 Å². The summed E-state index contributed by atoms with van der Waals surface area (Å²) in [6.45, 7) is 45.2. The Morgan fingerprint density at radius 3 is 1.02 bits per heavy atom. The van der Waals surface area contributed by atoms with Crippen molar-refractivity contribution < 1.29 is 23.9 Å². The Kier molecular flexibility index (Phi) is 61.9. The summed E-state index contributed by atoms with van der Waals surface area (Å²) in [5.74, 6) is 5.00. The maximum atomic E-state index is 10.5. The van der Waals surface area contributed by atoms with Crippen LogP contribution >= 0.6 is 0 Å². The van der Waals surface area contributed by atoms with Crippen molar-refractivity contribution in [2.24, 2.45) is 41.4 Å². The SMILES string of the molecule is C.CC(=O)C(C)C.CC(C)C.CC(C)C.CC(C)C.CC(C)c1ncn[nH]1.CCC(C)C.CCOC(=O)C(C)C.COC(=O)C(C)C. The van der Waals surface area contributed by atoms with Gasteiger partial charge < -0.3 is 9.47 Å². The predicted molar refractivity (Wildman–Crippen MR) is 208 cm³/mol. The predicted octanol–water partition coefficient (Wildman–Crippen LogP) is 11.9. The molecule has 47 heavy (non-hydrogen) atoms. The minimum atomic E-state index is -0.153. The number of ketones is 1. The fourth-order valence-corrected chi connectivity index (χ4v) is 1.04. The molecular formula is C39H87N3O5. The van der Waals surface area contributed by atoms with E-state index >= 15 is 0 Å². The Labute approximate surface area is 295 Å². The molecule has 0 aliphatic heterocycles. The normalized spacial score (nSPS) is 9.26. The second-order valence-electron chi connectivity index (χ2n) is 14.4. The van der Waals surface area contributed by atoms with Crippen molar-refractivity contribution >= 4 is 17.7 Å². The molecule has 0 saturated carbocycles. The number of aromatic nitrogens is 3. The minimum Gasteiger partial charge on any atom is -0.469 e. The average molecular weight is 678 g/mol. The van der Waals surface area contributed by atoms with Crippen molar-refractivity contribution in [3.05, 3.63) is 12.2 Å². The van der Waals surface area contributed by atoms with Crippen LogP contribution < -0.4 is 0 Å². The van der Waals surface area contributed by atoms with Crippen LogP contribution in [0.5, 0.6) is 0 Å². The highest BCUT2D eigenvalue weighted by molar-refractivity contribution is 5.77. The fourth-order valence-electron chi connectivity index (χ4n) is 1.04. The van der Waals surface area contributed by atoms with Crippen LogP contribution in [0.3, 0.4) is 0 Å². The van der Waals surface area contributed by atoms with E-state index in [2.05, 4.69) is 122 Å². The molecule has 0 radical (unpaired) electrons. The van der Waals surface area contributed by atoms with Crippen LogP contribution in [0.15, 0.2) is 6.33 Å². The van der Waals surface area contributed by atoms with Crippen LogP contribution in [0, 0.1) is 41.4 Å². The van der Waals surface area contributed by atoms with E-state index in [1.54, 1.807) is 27.7 Å². The molecule has 1 aromatic rings. The van der Waals surface area contributed by atoms with E-state index < -0.39 is 0 Å². The lowest BCUT2D eigenvalue weighted by atomic mass is 10.1. The highest BCUT2D eigenvalue weighted by Crippen LogP contribution is 2.04. The lowest BCUT2D eigenvalue weighted by Gasteiger charge is -2.01. The van der Waals surface area contributed by atoms with E-state index in [9.17, 15) is 14.4 Å². The number of ether oxygens (including phenoxy) is 2.